The van der Waals surface area contributed by atoms with Crippen molar-refractivity contribution in [3.05, 3.63) is 0 Å². The molecule has 0 unspecified atom stereocenters. The zero-order valence-corrected chi connectivity index (χ0v) is 8.25. The van der Waals surface area contributed by atoms with Gasteiger partial charge in [0, 0.05) is 6.42 Å². The second kappa shape index (κ2) is 8.01. The molecule has 0 aromatic rings. The summed E-state index contributed by atoms with van der Waals surface area (Å²) in [6, 6.07) is -0.0922. The molecule has 0 saturated heterocycles. The van der Waals surface area contributed by atoms with E-state index in [1.165, 1.54) is 0 Å². The second-order valence-corrected chi connectivity index (χ2v) is 3.10. The monoisotopic (exact) mass is 188 g/mol. The fourth-order valence-electron chi connectivity index (χ4n) is 1.01. The van der Waals surface area contributed by atoms with Crippen LogP contribution in [-0.2, 0) is 4.79 Å². The molecule has 0 saturated carbocycles. The van der Waals surface area contributed by atoms with Gasteiger partial charge in [0.25, 0.3) is 0 Å². The van der Waals surface area contributed by atoms with Crippen molar-refractivity contribution in [1.82, 2.24) is 5.32 Å². The Kier molecular flexibility index (Phi) is 7.63. The van der Waals surface area contributed by atoms with Gasteiger partial charge >= 0.3 is 0 Å². The van der Waals surface area contributed by atoms with E-state index in [-0.39, 0.29) is 18.6 Å². The van der Waals surface area contributed by atoms with Crippen LogP contribution in [0.25, 0.3) is 0 Å². The first-order valence-electron chi connectivity index (χ1n) is 4.84. The summed E-state index contributed by atoms with van der Waals surface area (Å²) in [5.41, 5.74) is 5.30. The van der Waals surface area contributed by atoms with E-state index in [2.05, 4.69) is 5.32 Å². The van der Waals surface area contributed by atoms with Crippen LogP contribution >= 0.6 is 0 Å². The van der Waals surface area contributed by atoms with Crippen molar-refractivity contribution < 1.29 is 9.90 Å². The van der Waals surface area contributed by atoms with Gasteiger partial charge in [0.2, 0.25) is 5.91 Å². The van der Waals surface area contributed by atoms with Gasteiger partial charge in [0.1, 0.15) is 0 Å². The van der Waals surface area contributed by atoms with Gasteiger partial charge in [-0.25, -0.2) is 0 Å². The summed E-state index contributed by atoms with van der Waals surface area (Å²) in [6.07, 6.45) is 2.97. The third-order valence-corrected chi connectivity index (χ3v) is 1.94. The number of aliphatic hydroxyl groups excluding tert-OH is 1. The maximum absolute atomic E-state index is 11.2. The average molecular weight is 188 g/mol. The highest BCUT2D eigenvalue weighted by Gasteiger charge is 2.07. The Bertz CT molecular complexity index is 136. The van der Waals surface area contributed by atoms with Crippen molar-refractivity contribution in [3.63, 3.8) is 0 Å². The lowest BCUT2D eigenvalue weighted by atomic mass is 10.2. The first-order valence-corrected chi connectivity index (χ1v) is 4.84. The van der Waals surface area contributed by atoms with Gasteiger partial charge in [-0.05, 0) is 25.8 Å². The lowest BCUT2D eigenvalue weighted by Gasteiger charge is -2.13. The number of rotatable bonds is 7. The largest absolute Gasteiger partial charge is 0.394 e. The summed E-state index contributed by atoms with van der Waals surface area (Å²) in [5, 5.41) is 11.6. The fourth-order valence-corrected chi connectivity index (χ4v) is 1.01. The van der Waals surface area contributed by atoms with E-state index in [4.69, 9.17) is 10.8 Å². The summed E-state index contributed by atoms with van der Waals surface area (Å²) < 4.78 is 0. The fraction of sp³-hybridized carbons (Fsp3) is 0.889. The molecule has 0 fully saturated rings. The van der Waals surface area contributed by atoms with Gasteiger partial charge in [-0.2, -0.15) is 0 Å². The minimum atomic E-state index is -0.0922. The standard InChI is InChI=1S/C9H20N2O2/c1-2-8(7-12)11-9(13)5-3-4-6-10/h8,12H,2-7,10H2,1H3,(H,11,13)/t8-/m0/s1. The first kappa shape index (κ1) is 12.4. The zero-order valence-electron chi connectivity index (χ0n) is 8.25. The lowest BCUT2D eigenvalue weighted by molar-refractivity contribution is -0.122. The van der Waals surface area contributed by atoms with Crippen molar-refractivity contribution >= 4 is 5.91 Å². The van der Waals surface area contributed by atoms with E-state index in [1.54, 1.807) is 0 Å². The van der Waals surface area contributed by atoms with Crippen LogP contribution in [0.15, 0.2) is 0 Å². The SMILES string of the molecule is CC[C@@H](CO)NC(=O)CCCCN. The highest BCUT2D eigenvalue weighted by Crippen LogP contribution is 1.95. The Morgan fingerprint density at radius 3 is 2.69 bits per heavy atom. The molecule has 0 rings (SSSR count). The molecule has 4 N–H and O–H groups in total. The molecule has 4 heteroatoms. The summed E-state index contributed by atoms with van der Waals surface area (Å²) >= 11 is 0. The zero-order chi connectivity index (χ0) is 10.1. The first-order chi connectivity index (χ1) is 6.24. The molecule has 78 valence electrons. The predicted molar refractivity (Wildman–Crippen MR) is 52.2 cm³/mol. The lowest BCUT2D eigenvalue weighted by Crippen LogP contribution is -2.36. The third-order valence-electron chi connectivity index (χ3n) is 1.94. The van der Waals surface area contributed by atoms with Crippen LogP contribution in [0.5, 0.6) is 0 Å². The molecule has 0 radical (unpaired) electrons. The molecule has 13 heavy (non-hydrogen) atoms. The molecular weight excluding hydrogens is 168 g/mol. The minimum absolute atomic E-state index is 0.00866. The molecular formula is C9H20N2O2. The van der Waals surface area contributed by atoms with Crippen LogP contribution in [0.2, 0.25) is 0 Å². The van der Waals surface area contributed by atoms with Crippen LogP contribution in [0.4, 0.5) is 0 Å². The van der Waals surface area contributed by atoms with Gasteiger partial charge in [-0.3, -0.25) is 4.79 Å². The molecule has 0 heterocycles. The van der Waals surface area contributed by atoms with E-state index in [0.717, 1.165) is 19.3 Å². The smallest absolute Gasteiger partial charge is 0.220 e. The van der Waals surface area contributed by atoms with Crippen molar-refractivity contribution in [1.29, 1.82) is 0 Å². The highest BCUT2D eigenvalue weighted by molar-refractivity contribution is 5.76. The van der Waals surface area contributed by atoms with E-state index in [9.17, 15) is 4.79 Å². The van der Waals surface area contributed by atoms with Gasteiger partial charge < -0.3 is 16.2 Å². The number of hydrogen-bond acceptors (Lipinski definition) is 3. The molecule has 0 bridgehead atoms. The summed E-state index contributed by atoms with van der Waals surface area (Å²) in [5.74, 6) is 0.00866. The van der Waals surface area contributed by atoms with Crippen molar-refractivity contribution in [2.24, 2.45) is 5.73 Å². The molecule has 1 atom stereocenters. The number of amides is 1. The minimum Gasteiger partial charge on any atom is -0.394 e. The quantitative estimate of drug-likeness (QED) is 0.492. The molecule has 0 aromatic heterocycles. The number of carbonyl (C=O) groups excluding carboxylic acids is 1. The molecule has 0 aliphatic rings. The predicted octanol–water partition coefficient (Wildman–Crippen LogP) is 0.00250. The number of nitrogens with two attached hydrogens (primary N) is 1. The average Bonchev–Trinajstić information content (AvgIpc) is 2.14. The van der Waals surface area contributed by atoms with Crippen LogP contribution in [0.3, 0.4) is 0 Å². The summed E-state index contributed by atoms with van der Waals surface area (Å²) in [7, 11) is 0. The van der Waals surface area contributed by atoms with Crippen LogP contribution in [0, 0.1) is 0 Å². The number of hydrogen-bond donors (Lipinski definition) is 3. The molecule has 0 spiro atoms. The summed E-state index contributed by atoms with van der Waals surface area (Å²) in [4.78, 5) is 11.2. The van der Waals surface area contributed by atoms with Crippen LogP contribution in [-0.4, -0.2) is 30.2 Å². The molecule has 1 amide bonds. The van der Waals surface area contributed by atoms with Gasteiger partial charge in [0.05, 0.1) is 12.6 Å². The van der Waals surface area contributed by atoms with Gasteiger partial charge in [0.15, 0.2) is 0 Å². The Labute approximate surface area is 79.5 Å². The Morgan fingerprint density at radius 1 is 1.54 bits per heavy atom. The Hall–Kier alpha value is -0.610. The van der Waals surface area contributed by atoms with Crippen LogP contribution < -0.4 is 11.1 Å². The van der Waals surface area contributed by atoms with E-state index in [1.807, 2.05) is 6.92 Å². The maximum atomic E-state index is 11.2. The van der Waals surface area contributed by atoms with Crippen LogP contribution in [0.1, 0.15) is 32.6 Å². The number of aliphatic hydroxyl groups is 1. The van der Waals surface area contributed by atoms with Crippen molar-refractivity contribution in [2.75, 3.05) is 13.2 Å². The number of carbonyl (C=O) groups is 1. The van der Waals surface area contributed by atoms with Crippen molar-refractivity contribution in [2.45, 2.75) is 38.6 Å². The molecule has 4 nitrogen and oxygen atoms in total. The van der Waals surface area contributed by atoms with Gasteiger partial charge in [-0.15, -0.1) is 0 Å². The highest BCUT2D eigenvalue weighted by atomic mass is 16.3. The number of nitrogens with one attached hydrogen (secondary N) is 1. The van der Waals surface area contributed by atoms with Gasteiger partial charge in [-0.1, -0.05) is 6.92 Å². The van der Waals surface area contributed by atoms with Crippen molar-refractivity contribution in [3.8, 4) is 0 Å². The second-order valence-electron chi connectivity index (χ2n) is 3.10. The third kappa shape index (κ3) is 6.54. The van der Waals surface area contributed by atoms with E-state index < -0.39 is 0 Å². The molecule has 0 aliphatic carbocycles. The van der Waals surface area contributed by atoms with E-state index in [0.29, 0.717) is 13.0 Å². The number of unbranched alkanes of at least 4 members (excludes halogenated alkanes) is 1. The normalized spacial score (nSPS) is 12.5. The maximum Gasteiger partial charge on any atom is 0.220 e. The molecule has 0 aromatic carbocycles. The molecule has 0 aliphatic heterocycles. The van der Waals surface area contributed by atoms with E-state index >= 15 is 0 Å². The summed E-state index contributed by atoms with van der Waals surface area (Å²) in [6.45, 7) is 2.57. The topological polar surface area (TPSA) is 75.3 Å². The Morgan fingerprint density at radius 2 is 2.23 bits per heavy atom. The Balaban J connectivity index is 3.48.